The predicted octanol–water partition coefficient (Wildman–Crippen LogP) is 0.926. The summed E-state index contributed by atoms with van der Waals surface area (Å²) in [5.74, 6) is 0. The molecule has 1 aliphatic carbocycles. The molecule has 3 nitrogen and oxygen atoms in total. The summed E-state index contributed by atoms with van der Waals surface area (Å²) < 4.78 is 0. The lowest BCUT2D eigenvalue weighted by Crippen LogP contribution is -2.53. The quantitative estimate of drug-likeness (QED) is 0.751. The van der Waals surface area contributed by atoms with E-state index in [0.29, 0.717) is 6.04 Å². The molecule has 2 fully saturated rings. The lowest BCUT2D eigenvalue weighted by Gasteiger charge is -2.39. The molecule has 0 bridgehead atoms. The Morgan fingerprint density at radius 1 is 1.20 bits per heavy atom. The minimum absolute atomic E-state index is 0.155. The van der Waals surface area contributed by atoms with Gasteiger partial charge in [-0.2, -0.15) is 0 Å². The summed E-state index contributed by atoms with van der Waals surface area (Å²) in [5, 5.41) is 9.81. The largest absolute Gasteiger partial charge is 0.392 e. The highest BCUT2D eigenvalue weighted by molar-refractivity contribution is 4.89. The van der Waals surface area contributed by atoms with E-state index in [1.807, 2.05) is 0 Å². The van der Waals surface area contributed by atoms with Crippen LogP contribution in [0.5, 0.6) is 0 Å². The van der Waals surface area contributed by atoms with E-state index in [9.17, 15) is 5.11 Å². The Bertz CT molecular complexity index is 198. The van der Waals surface area contributed by atoms with Crippen molar-refractivity contribution in [2.75, 3.05) is 26.2 Å². The molecule has 2 atom stereocenters. The summed E-state index contributed by atoms with van der Waals surface area (Å²) in [5.41, 5.74) is 0. The fourth-order valence-corrected chi connectivity index (χ4v) is 2.53. The second-order valence-electron chi connectivity index (χ2n) is 5.02. The fraction of sp³-hybridized carbons (Fsp3) is 1.00. The van der Waals surface area contributed by atoms with Crippen LogP contribution in [0.25, 0.3) is 0 Å². The van der Waals surface area contributed by atoms with E-state index in [0.717, 1.165) is 25.6 Å². The van der Waals surface area contributed by atoms with Gasteiger partial charge in [-0.25, -0.2) is 0 Å². The van der Waals surface area contributed by atoms with Crippen LogP contribution < -0.4 is 0 Å². The lowest BCUT2D eigenvalue weighted by molar-refractivity contribution is 0.0237. The van der Waals surface area contributed by atoms with Crippen molar-refractivity contribution in [2.24, 2.45) is 0 Å². The SMILES string of the molecule is CCC(O)C(C)N1CCN(C2CC2)CC1. The molecular weight excluding hydrogens is 188 g/mol. The fourth-order valence-electron chi connectivity index (χ4n) is 2.53. The molecule has 0 amide bonds. The first-order chi connectivity index (χ1) is 7.22. The maximum atomic E-state index is 9.81. The third-order valence-corrected chi connectivity index (χ3v) is 3.96. The Balaban J connectivity index is 1.76. The van der Waals surface area contributed by atoms with Gasteiger partial charge in [-0.1, -0.05) is 6.92 Å². The minimum Gasteiger partial charge on any atom is -0.392 e. The average molecular weight is 212 g/mol. The number of aliphatic hydroxyl groups is 1. The lowest BCUT2D eigenvalue weighted by atomic mass is 10.1. The second-order valence-corrected chi connectivity index (χ2v) is 5.02. The molecule has 1 N–H and O–H groups in total. The van der Waals surface area contributed by atoms with Crippen molar-refractivity contribution in [3.63, 3.8) is 0 Å². The van der Waals surface area contributed by atoms with Gasteiger partial charge in [-0.3, -0.25) is 9.80 Å². The van der Waals surface area contributed by atoms with Crippen LogP contribution in [0.4, 0.5) is 0 Å². The van der Waals surface area contributed by atoms with Gasteiger partial charge in [0.25, 0.3) is 0 Å². The van der Waals surface area contributed by atoms with Crippen molar-refractivity contribution in [3.05, 3.63) is 0 Å². The molecule has 2 rings (SSSR count). The van der Waals surface area contributed by atoms with Gasteiger partial charge >= 0.3 is 0 Å². The molecule has 0 aromatic carbocycles. The van der Waals surface area contributed by atoms with Crippen LogP contribution in [-0.4, -0.2) is 59.3 Å². The van der Waals surface area contributed by atoms with Crippen LogP contribution in [0.15, 0.2) is 0 Å². The molecule has 0 aromatic heterocycles. The van der Waals surface area contributed by atoms with Crippen molar-refractivity contribution in [1.29, 1.82) is 0 Å². The standard InChI is InChI=1S/C12H24N2O/c1-3-12(15)10(2)13-6-8-14(9-7-13)11-4-5-11/h10-12,15H,3-9H2,1-2H3. The smallest absolute Gasteiger partial charge is 0.0690 e. The van der Waals surface area contributed by atoms with E-state index in [1.54, 1.807) is 0 Å². The topological polar surface area (TPSA) is 26.7 Å². The van der Waals surface area contributed by atoms with Crippen molar-refractivity contribution in [2.45, 2.75) is 51.3 Å². The average Bonchev–Trinajstić information content (AvgIpc) is 3.11. The van der Waals surface area contributed by atoms with Gasteiger partial charge in [-0.15, -0.1) is 0 Å². The first-order valence-corrected chi connectivity index (χ1v) is 6.38. The third-order valence-electron chi connectivity index (χ3n) is 3.96. The Kier molecular flexibility index (Phi) is 3.65. The zero-order valence-electron chi connectivity index (χ0n) is 10.0. The van der Waals surface area contributed by atoms with Crippen molar-refractivity contribution >= 4 is 0 Å². The molecule has 2 unspecified atom stereocenters. The number of hydrogen-bond acceptors (Lipinski definition) is 3. The Morgan fingerprint density at radius 3 is 2.27 bits per heavy atom. The van der Waals surface area contributed by atoms with E-state index < -0.39 is 0 Å². The van der Waals surface area contributed by atoms with Gasteiger partial charge in [0, 0.05) is 38.3 Å². The first-order valence-electron chi connectivity index (χ1n) is 6.38. The van der Waals surface area contributed by atoms with E-state index in [4.69, 9.17) is 0 Å². The Morgan fingerprint density at radius 2 is 1.80 bits per heavy atom. The van der Waals surface area contributed by atoms with Crippen molar-refractivity contribution in [1.82, 2.24) is 9.80 Å². The van der Waals surface area contributed by atoms with E-state index in [1.165, 1.54) is 25.9 Å². The van der Waals surface area contributed by atoms with Crippen LogP contribution in [0.2, 0.25) is 0 Å². The van der Waals surface area contributed by atoms with Crippen LogP contribution in [0.3, 0.4) is 0 Å². The molecule has 2 aliphatic rings. The molecular formula is C12H24N2O. The van der Waals surface area contributed by atoms with Gasteiger partial charge in [-0.05, 0) is 26.2 Å². The molecule has 88 valence electrons. The molecule has 1 heterocycles. The number of nitrogens with zero attached hydrogens (tertiary/aromatic N) is 2. The number of aliphatic hydroxyl groups excluding tert-OH is 1. The summed E-state index contributed by atoms with van der Waals surface area (Å²) in [4.78, 5) is 5.05. The maximum absolute atomic E-state index is 9.81. The van der Waals surface area contributed by atoms with Gasteiger partial charge in [0.2, 0.25) is 0 Å². The van der Waals surface area contributed by atoms with E-state index in [2.05, 4.69) is 23.6 Å². The molecule has 0 spiro atoms. The van der Waals surface area contributed by atoms with Crippen molar-refractivity contribution < 1.29 is 5.11 Å². The number of rotatable bonds is 4. The van der Waals surface area contributed by atoms with E-state index >= 15 is 0 Å². The molecule has 1 saturated carbocycles. The van der Waals surface area contributed by atoms with Crippen LogP contribution >= 0.6 is 0 Å². The molecule has 0 radical (unpaired) electrons. The summed E-state index contributed by atoms with van der Waals surface area (Å²) in [6.07, 6.45) is 3.53. The minimum atomic E-state index is -0.155. The Labute approximate surface area is 93.1 Å². The zero-order valence-corrected chi connectivity index (χ0v) is 10.0. The highest BCUT2D eigenvalue weighted by Crippen LogP contribution is 2.27. The normalized spacial score (nSPS) is 29.0. The van der Waals surface area contributed by atoms with E-state index in [-0.39, 0.29) is 6.10 Å². The molecule has 0 aromatic rings. The number of hydrogen-bond donors (Lipinski definition) is 1. The highest BCUT2D eigenvalue weighted by Gasteiger charge is 2.32. The maximum Gasteiger partial charge on any atom is 0.0690 e. The molecule has 1 aliphatic heterocycles. The summed E-state index contributed by atoms with van der Waals surface area (Å²) in [6, 6.07) is 1.23. The summed E-state index contributed by atoms with van der Waals surface area (Å²) >= 11 is 0. The monoisotopic (exact) mass is 212 g/mol. The highest BCUT2D eigenvalue weighted by atomic mass is 16.3. The van der Waals surface area contributed by atoms with Gasteiger partial charge in [0.1, 0.15) is 0 Å². The van der Waals surface area contributed by atoms with Crippen LogP contribution in [0.1, 0.15) is 33.1 Å². The zero-order chi connectivity index (χ0) is 10.8. The molecule has 1 saturated heterocycles. The Hall–Kier alpha value is -0.120. The summed E-state index contributed by atoms with van der Waals surface area (Å²) in [7, 11) is 0. The first kappa shape index (κ1) is 11.4. The van der Waals surface area contributed by atoms with Crippen LogP contribution in [-0.2, 0) is 0 Å². The van der Waals surface area contributed by atoms with Gasteiger partial charge < -0.3 is 5.11 Å². The third kappa shape index (κ3) is 2.71. The van der Waals surface area contributed by atoms with Crippen LogP contribution in [0, 0.1) is 0 Å². The molecule has 15 heavy (non-hydrogen) atoms. The van der Waals surface area contributed by atoms with Gasteiger partial charge in [0.05, 0.1) is 6.10 Å². The second kappa shape index (κ2) is 4.81. The predicted molar refractivity (Wildman–Crippen MR) is 61.9 cm³/mol. The molecule has 3 heteroatoms. The van der Waals surface area contributed by atoms with Crippen molar-refractivity contribution in [3.8, 4) is 0 Å². The van der Waals surface area contributed by atoms with Gasteiger partial charge in [0.15, 0.2) is 0 Å². The number of piperazine rings is 1. The summed E-state index contributed by atoms with van der Waals surface area (Å²) in [6.45, 7) is 8.88.